The van der Waals surface area contributed by atoms with E-state index in [1.54, 1.807) is 0 Å². The summed E-state index contributed by atoms with van der Waals surface area (Å²) in [5, 5.41) is 5.86. The van der Waals surface area contributed by atoms with Gasteiger partial charge in [-0.05, 0) is 47.5 Å². The number of benzene rings is 1. The third-order valence-electron chi connectivity index (χ3n) is 4.32. The van der Waals surface area contributed by atoms with Gasteiger partial charge in [0.25, 0.3) is 0 Å². The van der Waals surface area contributed by atoms with Crippen LogP contribution in [0.3, 0.4) is 0 Å². The van der Waals surface area contributed by atoms with Gasteiger partial charge in [-0.3, -0.25) is 9.69 Å². The molecule has 122 valence electrons. The van der Waals surface area contributed by atoms with Crippen LogP contribution in [0.1, 0.15) is 35.4 Å². The number of hydrogen-bond donors (Lipinski definition) is 1. The van der Waals surface area contributed by atoms with E-state index in [-0.39, 0.29) is 5.91 Å². The first-order chi connectivity index (χ1) is 11.2. The maximum atomic E-state index is 12.3. The number of halogens is 1. The summed E-state index contributed by atoms with van der Waals surface area (Å²) in [5.74, 6) is 0.0714. The number of hydrogen-bond acceptors (Lipinski definition) is 3. The zero-order chi connectivity index (χ0) is 16.2. The van der Waals surface area contributed by atoms with Gasteiger partial charge in [-0.15, -0.1) is 11.3 Å². The number of fused-ring (bicyclic) bond motifs is 1. The van der Waals surface area contributed by atoms with Gasteiger partial charge < -0.3 is 5.32 Å². The van der Waals surface area contributed by atoms with Crippen LogP contribution in [-0.4, -0.2) is 23.9 Å². The van der Waals surface area contributed by atoms with Gasteiger partial charge in [0.15, 0.2) is 0 Å². The molecule has 1 amide bonds. The Balaban J connectivity index is 1.57. The van der Waals surface area contributed by atoms with Crippen molar-refractivity contribution in [2.45, 2.75) is 32.4 Å². The second-order valence-electron chi connectivity index (χ2n) is 5.85. The fourth-order valence-electron chi connectivity index (χ4n) is 3.20. The van der Waals surface area contributed by atoms with Crippen molar-refractivity contribution < 1.29 is 4.79 Å². The highest BCUT2D eigenvalue weighted by Gasteiger charge is 2.27. The Hall–Kier alpha value is -1.36. The number of nitrogens with zero attached hydrogens (tertiary/aromatic N) is 1. The summed E-state index contributed by atoms with van der Waals surface area (Å²) >= 11 is 7.81. The van der Waals surface area contributed by atoms with E-state index in [4.69, 9.17) is 11.6 Å². The molecule has 1 aromatic heterocycles. The molecule has 0 bridgehead atoms. The lowest BCUT2D eigenvalue weighted by molar-refractivity contribution is -0.123. The molecule has 0 saturated heterocycles. The van der Waals surface area contributed by atoms with Crippen LogP contribution < -0.4 is 5.32 Å². The SMILES string of the molecule is CCC1c2ccsc2CCN1CC(=O)NCc1cccc(Cl)c1. The molecule has 0 fully saturated rings. The molecule has 3 nitrogen and oxygen atoms in total. The van der Waals surface area contributed by atoms with Crippen molar-refractivity contribution in [3.05, 3.63) is 56.7 Å². The zero-order valence-electron chi connectivity index (χ0n) is 13.2. The molecular weight excluding hydrogens is 328 g/mol. The molecule has 2 aromatic rings. The fraction of sp³-hybridized carbons (Fsp3) is 0.389. The van der Waals surface area contributed by atoms with Crippen molar-refractivity contribution in [1.29, 1.82) is 0 Å². The lowest BCUT2D eigenvalue weighted by Gasteiger charge is -2.34. The Labute approximate surface area is 146 Å². The van der Waals surface area contributed by atoms with Crippen LogP contribution in [0.5, 0.6) is 0 Å². The lowest BCUT2D eigenvalue weighted by Crippen LogP contribution is -2.42. The van der Waals surface area contributed by atoms with E-state index in [1.165, 1.54) is 10.4 Å². The predicted octanol–water partition coefficient (Wildman–Crippen LogP) is 4.03. The molecule has 1 aliphatic heterocycles. The molecule has 1 N–H and O–H groups in total. The summed E-state index contributed by atoms with van der Waals surface area (Å²) in [6, 6.07) is 10.2. The van der Waals surface area contributed by atoms with Crippen molar-refractivity contribution in [2.75, 3.05) is 13.1 Å². The number of rotatable bonds is 5. The molecule has 0 radical (unpaired) electrons. The Kier molecular flexibility index (Phi) is 5.36. The van der Waals surface area contributed by atoms with Gasteiger partial charge in [0.1, 0.15) is 0 Å². The molecule has 23 heavy (non-hydrogen) atoms. The van der Waals surface area contributed by atoms with Gasteiger partial charge in [-0.25, -0.2) is 0 Å². The number of amides is 1. The highest BCUT2D eigenvalue weighted by atomic mass is 35.5. The first-order valence-corrected chi connectivity index (χ1v) is 9.24. The monoisotopic (exact) mass is 348 g/mol. The normalized spacial score (nSPS) is 17.7. The Morgan fingerprint density at radius 3 is 3.09 bits per heavy atom. The molecule has 1 unspecified atom stereocenters. The number of carbonyl (C=O) groups is 1. The molecule has 0 saturated carbocycles. The van der Waals surface area contributed by atoms with Crippen molar-refractivity contribution in [3.8, 4) is 0 Å². The van der Waals surface area contributed by atoms with Gasteiger partial charge in [0.05, 0.1) is 6.54 Å². The highest BCUT2D eigenvalue weighted by Crippen LogP contribution is 2.34. The average Bonchev–Trinajstić information content (AvgIpc) is 3.01. The molecular formula is C18H21ClN2OS. The second kappa shape index (κ2) is 7.47. The Bertz CT molecular complexity index is 685. The first-order valence-electron chi connectivity index (χ1n) is 7.99. The molecule has 0 aliphatic carbocycles. The van der Waals surface area contributed by atoms with E-state index in [9.17, 15) is 4.79 Å². The van der Waals surface area contributed by atoms with E-state index < -0.39 is 0 Å². The minimum atomic E-state index is 0.0714. The summed E-state index contributed by atoms with van der Waals surface area (Å²) in [6.45, 7) is 4.12. The molecule has 1 aromatic carbocycles. The molecule has 1 aliphatic rings. The van der Waals surface area contributed by atoms with Crippen LogP contribution in [0.25, 0.3) is 0 Å². The van der Waals surface area contributed by atoms with Gasteiger partial charge in [-0.1, -0.05) is 30.7 Å². The van der Waals surface area contributed by atoms with Crippen molar-refractivity contribution >= 4 is 28.8 Å². The van der Waals surface area contributed by atoms with E-state index in [1.807, 2.05) is 35.6 Å². The predicted molar refractivity (Wildman–Crippen MR) is 95.9 cm³/mol. The van der Waals surface area contributed by atoms with Crippen LogP contribution in [0, 0.1) is 0 Å². The van der Waals surface area contributed by atoms with E-state index in [0.717, 1.165) is 24.9 Å². The lowest BCUT2D eigenvalue weighted by atomic mass is 9.98. The third-order valence-corrected chi connectivity index (χ3v) is 5.55. The van der Waals surface area contributed by atoms with Gasteiger partial charge in [0, 0.05) is 29.0 Å². The van der Waals surface area contributed by atoms with Crippen molar-refractivity contribution in [2.24, 2.45) is 0 Å². The molecule has 1 atom stereocenters. The topological polar surface area (TPSA) is 32.3 Å². The largest absolute Gasteiger partial charge is 0.351 e. The van der Waals surface area contributed by atoms with Crippen LogP contribution in [-0.2, 0) is 17.8 Å². The molecule has 3 rings (SSSR count). The van der Waals surface area contributed by atoms with E-state index in [2.05, 4.69) is 28.6 Å². The van der Waals surface area contributed by atoms with Gasteiger partial charge >= 0.3 is 0 Å². The number of carbonyl (C=O) groups excluding carboxylic acids is 1. The van der Waals surface area contributed by atoms with Crippen LogP contribution in [0.2, 0.25) is 5.02 Å². The number of thiophene rings is 1. The van der Waals surface area contributed by atoms with E-state index >= 15 is 0 Å². The van der Waals surface area contributed by atoms with Crippen LogP contribution in [0.4, 0.5) is 0 Å². The highest BCUT2D eigenvalue weighted by molar-refractivity contribution is 7.10. The molecule has 0 spiro atoms. The zero-order valence-corrected chi connectivity index (χ0v) is 14.8. The quantitative estimate of drug-likeness (QED) is 0.884. The first kappa shape index (κ1) is 16.5. The van der Waals surface area contributed by atoms with Crippen LogP contribution >= 0.6 is 22.9 Å². The summed E-state index contributed by atoms with van der Waals surface area (Å²) in [4.78, 5) is 16.1. The third kappa shape index (κ3) is 3.94. The standard InChI is InChI=1S/C18H21ClN2OS/c1-2-16-15-7-9-23-17(15)6-8-21(16)12-18(22)20-11-13-4-3-5-14(19)10-13/h3-5,7,9-10,16H,2,6,8,11-12H2,1H3,(H,20,22). The summed E-state index contributed by atoms with van der Waals surface area (Å²) in [7, 11) is 0. The minimum Gasteiger partial charge on any atom is -0.351 e. The Morgan fingerprint density at radius 2 is 2.30 bits per heavy atom. The van der Waals surface area contributed by atoms with E-state index in [0.29, 0.717) is 24.2 Å². The second-order valence-corrected chi connectivity index (χ2v) is 7.29. The maximum Gasteiger partial charge on any atom is 0.234 e. The average molecular weight is 349 g/mol. The molecule has 5 heteroatoms. The van der Waals surface area contributed by atoms with Crippen LogP contribution in [0.15, 0.2) is 35.7 Å². The maximum absolute atomic E-state index is 12.3. The fourth-order valence-corrected chi connectivity index (χ4v) is 4.34. The van der Waals surface area contributed by atoms with Crippen molar-refractivity contribution in [1.82, 2.24) is 10.2 Å². The van der Waals surface area contributed by atoms with Gasteiger partial charge in [0.2, 0.25) is 5.91 Å². The number of nitrogens with one attached hydrogen (secondary N) is 1. The van der Waals surface area contributed by atoms with Crippen molar-refractivity contribution in [3.63, 3.8) is 0 Å². The minimum absolute atomic E-state index is 0.0714. The Morgan fingerprint density at radius 1 is 1.43 bits per heavy atom. The van der Waals surface area contributed by atoms with Gasteiger partial charge in [-0.2, -0.15) is 0 Å². The molecule has 2 heterocycles. The summed E-state index contributed by atoms with van der Waals surface area (Å²) < 4.78 is 0. The summed E-state index contributed by atoms with van der Waals surface area (Å²) in [6.07, 6.45) is 2.08. The smallest absolute Gasteiger partial charge is 0.234 e. The summed E-state index contributed by atoms with van der Waals surface area (Å²) in [5.41, 5.74) is 2.43.